The number of ether oxygens (including phenoxy) is 2. The smallest absolute Gasteiger partial charge is 0.261 e. The molecule has 27 heavy (non-hydrogen) atoms. The van der Waals surface area contributed by atoms with Gasteiger partial charge in [-0.15, -0.1) is 11.3 Å². The standard InChI is InChI=1S/C20H28N2O4S/c1-14(23)22-8-6-20(7-9-22)16-12-18(27-17(16)5-11-26-20)19(24)21-13-15-4-2-3-10-25-15/h12,15H,2-11,13H2,1H3,(H,21,24). The molecule has 2 amide bonds. The summed E-state index contributed by atoms with van der Waals surface area (Å²) in [5.41, 5.74) is 0.835. The Hall–Kier alpha value is -1.44. The fourth-order valence-electron chi connectivity index (χ4n) is 4.39. The van der Waals surface area contributed by atoms with Crippen molar-refractivity contribution in [3.8, 4) is 0 Å². The highest BCUT2D eigenvalue weighted by molar-refractivity contribution is 7.14. The number of carbonyl (C=O) groups is 2. The second kappa shape index (κ2) is 7.89. The minimum atomic E-state index is -0.332. The van der Waals surface area contributed by atoms with Crippen molar-refractivity contribution in [3.63, 3.8) is 0 Å². The van der Waals surface area contributed by atoms with Crippen LogP contribution < -0.4 is 5.32 Å². The second-order valence-corrected chi connectivity index (χ2v) is 8.88. The molecule has 148 valence electrons. The first-order valence-electron chi connectivity index (χ1n) is 10.00. The van der Waals surface area contributed by atoms with E-state index in [-0.39, 0.29) is 23.5 Å². The van der Waals surface area contributed by atoms with Crippen molar-refractivity contribution in [2.75, 3.05) is 32.8 Å². The molecule has 1 unspecified atom stereocenters. The Balaban J connectivity index is 1.44. The van der Waals surface area contributed by atoms with Crippen LogP contribution in [0.3, 0.4) is 0 Å². The van der Waals surface area contributed by atoms with Gasteiger partial charge in [0.15, 0.2) is 0 Å². The van der Waals surface area contributed by atoms with Gasteiger partial charge in [-0.25, -0.2) is 0 Å². The fourth-order valence-corrected chi connectivity index (χ4v) is 5.53. The second-order valence-electron chi connectivity index (χ2n) is 7.74. The molecule has 0 bridgehead atoms. The van der Waals surface area contributed by atoms with Crippen molar-refractivity contribution in [3.05, 3.63) is 21.4 Å². The highest BCUT2D eigenvalue weighted by Crippen LogP contribution is 2.44. The van der Waals surface area contributed by atoms with Crippen LogP contribution in [0.5, 0.6) is 0 Å². The summed E-state index contributed by atoms with van der Waals surface area (Å²) < 4.78 is 11.9. The van der Waals surface area contributed by atoms with Gasteiger partial charge >= 0.3 is 0 Å². The fraction of sp³-hybridized carbons (Fsp3) is 0.700. The lowest BCUT2D eigenvalue weighted by Gasteiger charge is -2.43. The first kappa shape index (κ1) is 18.9. The molecule has 2 fully saturated rings. The summed E-state index contributed by atoms with van der Waals surface area (Å²) in [5.74, 6) is 0.107. The van der Waals surface area contributed by atoms with E-state index < -0.39 is 0 Å². The summed E-state index contributed by atoms with van der Waals surface area (Å²) in [4.78, 5) is 28.2. The maximum Gasteiger partial charge on any atom is 0.261 e. The Bertz CT molecular complexity index is 703. The summed E-state index contributed by atoms with van der Waals surface area (Å²) >= 11 is 1.59. The van der Waals surface area contributed by atoms with Gasteiger partial charge in [-0.3, -0.25) is 9.59 Å². The Labute approximate surface area is 164 Å². The molecule has 1 N–H and O–H groups in total. The van der Waals surface area contributed by atoms with Crippen LogP contribution in [0.25, 0.3) is 0 Å². The third kappa shape index (κ3) is 3.91. The van der Waals surface area contributed by atoms with Crippen LogP contribution in [-0.4, -0.2) is 55.7 Å². The zero-order valence-electron chi connectivity index (χ0n) is 15.9. The van der Waals surface area contributed by atoms with Crippen LogP contribution in [0.1, 0.15) is 59.1 Å². The lowest BCUT2D eigenvalue weighted by atomic mass is 9.82. The molecule has 1 aromatic rings. The van der Waals surface area contributed by atoms with E-state index in [1.54, 1.807) is 18.3 Å². The molecule has 1 spiro atoms. The molecule has 1 aromatic heterocycles. The van der Waals surface area contributed by atoms with Gasteiger partial charge in [-0.2, -0.15) is 0 Å². The molecule has 0 aliphatic carbocycles. The van der Waals surface area contributed by atoms with E-state index in [0.29, 0.717) is 26.2 Å². The average Bonchev–Trinajstić information content (AvgIpc) is 3.13. The molecule has 4 rings (SSSR count). The monoisotopic (exact) mass is 392 g/mol. The van der Waals surface area contributed by atoms with E-state index in [2.05, 4.69) is 5.32 Å². The summed E-state index contributed by atoms with van der Waals surface area (Å²) in [6.45, 7) is 5.11. The minimum absolute atomic E-state index is 0.0140. The number of likely N-dealkylation sites (tertiary alicyclic amines) is 1. The van der Waals surface area contributed by atoms with Gasteiger partial charge in [-0.05, 0) is 43.7 Å². The van der Waals surface area contributed by atoms with Crippen molar-refractivity contribution in [1.29, 1.82) is 0 Å². The molecule has 7 heteroatoms. The van der Waals surface area contributed by atoms with Gasteiger partial charge < -0.3 is 19.7 Å². The molecule has 1 atom stereocenters. The Morgan fingerprint density at radius 2 is 2.11 bits per heavy atom. The predicted molar refractivity (Wildman–Crippen MR) is 103 cm³/mol. The number of hydrogen-bond acceptors (Lipinski definition) is 5. The highest BCUT2D eigenvalue weighted by atomic mass is 32.1. The van der Waals surface area contributed by atoms with Crippen LogP contribution >= 0.6 is 11.3 Å². The van der Waals surface area contributed by atoms with E-state index >= 15 is 0 Å². The molecular weight excluding hydrogens is 364 g/mol. The van der Waals surface area contributed by atoms with Crippen LogP contribution in [0.2, 0.25) is 0 Å². The van der Waals surface area contributed by atoms with Gasteiger partial charge in [0.1, 0.15) is 0 Å². The van der Waals surface area contributed by atoms with Crippen LogP contribution in [0, 0.1) is 0 Å². The number of amides is 2. The third-order valence-electron chi connectivity index (χ3n) is 6.01. The number of fused-ring (bicyclic) bond motifs is 2. The van der Waals surface area contributed by atoms with Crippen molar-refractivity contribution >= 4 is 23.2 Å². The molecular formula is C20H28N2O4S. The van der Waals surface area contributed by atoms with Gasteiger partial charge in [0, 0.05) is 44.5 Å². The quantitative estimate of drug-likeness (QED) is 0.858. The summed E-state index contributed by atoms with van der Waals surface area (Å²) in [7, 11) is 0. The largest absolute Gasteiger partial charge is 0.376 e. The average molecular weight is 393 g/mol. The molecule has 0 saturated carbocycles. The lowest BCUT2D eigenvalue weighted by molar-refractivity contribution is -0.138. The normalized spacial score (nSPS) is 24.5. The maximum atomic E-state index is 12.7. The molecule has 2 saturated heterocycles. The minimum Gasteiger partial charge on any atom is -0.376 e. The summed E-state index contributed by atoms with van der Waals surface area (Å²) in [5, 5.41) is 3.04. The number of nitrogens with one attached hydrogen (secondary N) is 1. The molecule has 6 nitrogen and oxygen atoms in total. The van der Waals surface area contributed by atoms with Gasteiger partial charge in [-0.1, -0.05) is 0 Å². The number of carbonyl (C=O) groups excluding carboxylic acids is 2. The molecule has 3 aliphatic rings. The number of piperidine rings is 1. The van der Waals surface area contributed by atoms with E-state index in [1.165, 1.54) is 16.9 Å². The Morgan fingerprint density at radius 1 is 1.30 bits per heavy atom. The van der Waals surface area contributed by atoms with Crippen molar-refractivity contribution in [1.82, 2.24) is 10.2 Å². The SMILES string of the molecule is CC(=O)N1CCC2(CC1)OCCc1sc(C(=O)NCC3CCCCO3)cc12. The zero-order valence-corrected chi connectivity index (χ0v) is 16.7. The van der Waals surface area contributed by atoms with E-state index in [9.17, 15) is 9.59 Å². The number of hydrogen-bond donors (Lipinski definition) is 1. The van der Waals surface area contributed by atoms with E-state index in [1.807, 2.05) is 11.0 Å². The van der Waals surface area contributed by atoms with E-state index in [0.717, 1.165) is 43.6 Å². The van der Waals surface area contributed by atoms with Crippen LogP contribution in [-0.2, 0) is 26.3 Å². The van der Waals surface area contributed by atoms with Gasteiger partial charge in [0.05, 0.1) is 23.2 Å². The summed E-state index contributed by atoms with van der Waals surface area (Å²) in [6.07, 6.45) is 5.90. The lowest BCUT2D eigenvalue weighted by Crippen LogP contribution is -2.47. The number of thiophene rings is 1. The molecule has 3 aliphatic heterocycles. The van der Waals surface area contributed by atoms with Gasteiger partial charge in [0.25, 0.3) is 5.91 Å². The van der Waals surface area contributed by atoms with Gasteiger partial charge in [0.2, 0.25) is 5.91 Å². The third-order valence-corrected chi connectivity index (χ3v) is 7.21. The maximum absolute atomic E-state index is 12.7. The molecule has 4 heterocycles. The van der Waals surface area contributed by atoms with Crippen molar-refractivity contribution < 1.29 is 19.1 Å². The van der Waals surface area contributed by atoms with Crippen LogP contribution in [0.15, 0.2) is 6.07 Å². The first-order chi connectivity index (χ1) is 13.1. The summed E-state index contributed by atoms with van der Waals surface area (Å²) in [6, 6.07) is 2.03. The zero-order chi connectivity index (χ0) is 18.9. The Kier molecular flexibility index (Phi) is 5.53. The van der Waals surface area contributed by atoms with Crippen molar-refractivity contribution in [2.45, 2.75) is 57.2 Å². The van der Waals surface area contributed by atoms with Crippen molar-refractivity contribution in [2.24, 2.45) is 0 Å². The number of rotatable bonds is 3. The van der Waals surface area contributed by atoms with Crippen LogP contribution in [0.4, 0.5) is 0 Å². The predicted octanol–water partition coefficient (Wildman–Crippen LogP) is 2.46. The highest BCUT2D eigenvalue weighted by Gasteiger charge is 2.42. The molecule has 0 aromatic carbocycles. The molecule has 0 radical (unpaired) electrons. The van der Waals surface area contributed by atoms with E-state index in [4.69, 9.17) is 9.47 Å². The first-order valence-corrected chi connectivity index (χ1v) is 10.8. The number of nitrogens with zero attached hydrogens (tertiary/aromatic N) is 1. The topological polar surface area (TPSA) is 67.9 Å². The Morgan fingerprint density at radius 3 is 2.81 bits per heavy atom.